The lowest BCUT2D eigenvalue weighted by atomic mass is 10.2. The zero-order chi connectivity index (χ0) is 23.2. The van der Waals surface area contributed by atoms with E-state index in [2.05, 4.69) is 28.1 Å². The zero-order valence-corrected chi connectivity index (χ0v) is 17.9. The van der Waals surface area contributed by atoms with Crippen molar-refractivity contribution in [3.63, 3.8) is 0 Å². The molecule has 174 valence electrons. The Morgan fingerprint density at radius 1 is 1.10 bits per heavy atom. The first-order valence-electron chi connectivity index (χ1n) is 7.85. The molecule has 7 N–H and O–H groups in total. The SMILES string of the molecule is COP(=O)(O[C@H]1O[C@@H](n2cnc3c(N)ncnc32)[C@H](O)[C@H]1O)OP(=O)(O)OP(=O)(O)O. The third-order valence-electron chi connectivity index (χ3n) is 3.73. The quantitative estimate of drug-likeness (QED) is 0.233. The molecule has 31 heavy (non-hydrogen) atoms. The molecule has 0 saturated carbocycles. The fraction of sp³-hybridized carbons (Fsp3) is 0.500. The number of fused-ring (bicyclic) bond motifs is 1. The molecule has 0 aliphatic carbocycles. The van der Waals surface area contributed by atoms with Crippen molar-refractivity contribution in [1.82, 2.24) is 19.5 Å². The number of aliphatic hydroxyl groups excluding tert-OH is 2. The van der Waals surface area contributed by atoms with Crippen LogP contribution in [0.25, 0.3) is 11.2 Å². The molecule has 18 nitrogen and oxygen atoms in total. The van der Waals surface area contributed by atoms with Crippen LogP contribution in [0, 0.1) is 0 Å². The van der Waals surface area contributed by atoms with E-state index in [9.17, 15) is 28.8 Å². The predicted molar refractivity (Wildman–Crippen MR) is 95.4 cm³/mol. The average Bonchev–Trinajstić information content (AvgIpc) is 3.16. The number of rotatable bonds is 8. The average molecular weight is 507 g/mol. The molecule has 1 fully saturated rings. The van der Waals surface area contributed by atoms with Crippen LogP contribution in [0.2, 0.25) is 0 Å². The van der Waals surface area contributed by atoms with Crippen LogP contribution in [-0.2, 0) is 36.1 Å². The molecule has 2 unspecified atom stereocenters. The Balaban J connectivity index is 1.81. The van der Waals surface area contributed by atoms with Gasteiger partial charge in [0.15, 0.2) is 24.0 Å². The minimum Gasteiger partial charge on any atom is -0.385 e. The molecule has 0 aromatic carbocycles. The van der Waals surface area contributed by atoms with E-state index in [0.29, 0.717) is 7.11 Å². The summed E-state index contributed by atoms with van der Waals surface area (Å²) in [6.45, 7) is 0. The van der Waals surface area contributed by atoms with Crippen molar-refractivity contribution in [2.45, 2.75) is 24.7 Å². The third-order valence-corrected chi connectivity index (χ3v) is 7.94. The van der Waals surface area contributed by atoms with E-state index in [4.69, 9.17) is 24.8 Å². The van der Waals surface area contributed by atoms with Gasteiger partial charge in [-0.15, -0.1) is 0 Å². The van der Waals surface area contributed by atoms with Crippen LogP contribution in [0.1, 0.15) is 6.23 Å². The number of hydrogen-bond acceptors (Lipinski definition) is 14. The fourth-order valence-electron chi connectivity index (χ4n) is 2.50. The summed E-state index contributed by atoms with van der Waals surface area (Å²) in [5.74, 6) is 0.0191. The Morgan fingerprint density at radius 2 is 1.77 bits per heavy atom. The van der Waals surface area contributed by atoms with Gasteiger partial charge in [0.1, 0.15) is 24.1 Å². The van der Waals surface area contributed by atoms with Crippen LogP contribution in [0.3, 0.4) is 0 Å². The molecule has 21 heteroatoms. The molecule has 3 heterocycles. The molecule has 0 spiro atoms. The van der Waals surface area contributed by atoms with Crippen LogP contribution in [-0.4, -0.2) is 70.0 Å². The number of aliphatic hydroxyl groups is 2. The Bertz CT molecular complexity index is 1100. The third kappa shape index (κ3) is 5.35. The van der Waals surface area contributed by atoms with E-state index in [0.717, 1.165) is 17.2 Å². The van der Waals surface area contributed by atoms with Gasteiger partial charge in [-0.25, -0.2) is 28.6 Å². The molecule has 1 saturated heterocycles. The number of aromatic nitrogens is 4. The number of phosphoric ester groups is 1. The maximum Gasteiger partial charge on any atom is 0.490 e. The molecule has 2 aromatic rings. The van der Waals surface area contributed by atoms with Crippen molar-refractivity contribution in [1.29, 1.82) is 0 Å². The molecule has 3 rings (SSSR count). The van der Waals surface area contributed by atoms with Crippen molar-refractivity contribution in [3.05, 3.63) is 12.7 Å². The van der Waals surface area contributed by atoms with Crippen molar-refractivity contribution in [3.8, 4) is 0 Å². The van der Waals surface area contributed by atoms with E-state index in [1.165, 1.54) is 0 Å². The number of nitrogen functional groups attached to an aromatic ring is 1. The Morgan fingerprint density at radius 3 is 2.39 bits per heavy atom. The second-order valence-corrected chi connectivity index (χ2v) is 10.5. The summed E-state index contributed by atoms with van der Waals surface area (Å²) in [5.41, 5.74) is 5.92. The van der Waals surface area contributed by atoms with Gasteiger partial charge in [0.25, 0.3) is 0 Å². The first kappa shape index (κ1) is 24.3. The number of nitrogens with zero attached hydrogens (tertiary/aromatic N) is 4. The minimum absolute atomic E-state index is 0.0191. The van der Waals surface area contributed by atoms with Gasteiger partial charge in [-0.2, -0.15) is 8.62 Å². The van der Waals surface area contributed by atoms with E-state index in [-0.39, 0.29) is 17.0 Å². The lowest BCUT2D eigenvalue weighted by Crippen LogP contribution is -2.32. The van der Waals surface area contributed by atoms with Crippen LogP contribution >= 0.6 is 23.5 Å². The Hall–Kier alpha value is -1.36. The summed E-state index contributed by atoms with van der Waals surface area (Å²) in [6.07, 6.45) is -4.77. The normalized spacial score (nSPS) is 28.5. The topological polar surface area (TPSA) is 268 Å². The highest BCUT2D eigenvalue weighted by Gasteiger charge is 2.51. The molecular formula is C10H16N5O13P3. The molecular weight excluding hydrogens is 491 g/mol. The summed E-state index contributed by atoms with van der Waals surface area (Å²) in [7, 11) is -15.6. The van der Waals surface area contributed by atoms with Gasteiger partial charge in [0.05, 0.1) is 6.33 Å². The molecule has 0 radical (unpaired) electrons. The van der Waals surface area contributed by atoms with Gasteiger partial charge in [-0.3, -0.25) is 13.6 Å². The minimum atomic E-state index is -5.67. The summed E-state index contributed by atoms with van der Waals surface area (Å²) < 4.78 is 58.0. The maximum atomic E-state index is 12.5. The van der Waals surface area contributed by atoms with Gasteiger partial charge in [-0.05, 0) is 0 Å². The van der Waals surface area contributed by atoms with Crippen LogP contribution in [0.4, 0.5) is 5.82 Å². The molecule has 6 atom stereocenters. The lowest BCUT2D eigenvalue weighted by molar-refractivity contribution is -0.134. The van der Waals surface area contributed by atoms with Crippen molar-refractivity contribution >= 4 is 40.4 Å². The Labute approximate surface area is 172 Å². The number of hydrogen-bond donors (Lipinski definition) is 6. The summed E-state index contributed by atoms with van der Waals surface area (Å²) >= 11 is 0. The summed E-state index contributed by atoms with van der Waals surface area (Å²) in [6, 6.07) is 0. The van der Waals surface area contributed by atoms with E-state index in [1.54, 1.807) is 0 Å². The highest BCUT2D eigenvalue weighted by Crippen LogP contribution is 2.68. The van der Waals surface area contributed by atoms with E-state index in [1.807, 2.05) is 0 Å². The first-order chi connectivity index (χ1) is 14.3. The second-order valence-electron chi connectivity index (χ2n) is 5.82. The van der Waals surface area contributed by atoms with Crippen molar-refractivity contribution < 1.29 is 61.0 Å². The molecule has 0 amide bonds. The zero-order valence-electron chi connectivity index (χ0n) is 15.2. The molecule has 1 aliphatic rings. The standard InChI is InChI=1S/C10H16N5O13P3/c1-24-31(23,28-30(21,22)27-29(18,19)20)26-10-6(17)5(16)9(25-10)15-3-14-4-7(11)12-2-13-8(4)15/h2-3,5-6,9-10,16-17H,1H3,(H,21,22)(H2,11,12,13)(H2,18,19,20)/t5-,6-,9-,10-,31?/m1/s1. The smallest absolute Gasteiger partial charge is 0.385 e. The van der Waals surface area contributed by atoms with Crippen LogP contribution in [0.15, 0.2) is 12.7 Å². The highest BCUT2D eigenvalue weighted by atomic mass is 31.3. The number of anilines is 1. The fourth-order valence-corrected chi connectivity index (χ4v) is 5.91. The largest absolute Gasteiger partial charge is 0.490 e. The molecule has 2 aromatic heterocycles. The van der Waals surface area contributed by atoms with Gasteiger partial charge in [-0.1, -0.05) is 0 Å². The first-order valence-corrected chi connectivity index (χ1v) is 12.3. The number of phosphoric acid groups is 3. The second kappa shape index (κ2) is 8.53. The number of nitrogens with two attached hydrogens (primary N) is 1. The van der Waals surface area contributed by atoms with Gasteiger partial charge in [0, 0.05) is 7.11 Å². The van der Waals surface area contributed by atoms with Crippen LogP contribution in [0.5, 0.6) is 0 Å². The molecule has 1 aliphatic heterocycles. The van der Waals surface area contributed by atoms with Crippen molar-refractivity contribution in [2.75, 3.05) is 12.8 Å². The van der Waals surface area contributed by atoms with Gasteiger partial charge < -0.3 is 35.4 Å². The van der Waals surface area contributed by atoms with Gasteiger partial charge in [0.2, 0.25) is 0 Å². The lowest BCUT2D eigenvalue weighted by Gasteiger charge is -2.22. The number of imidazole rings is 1. The highest BCUT2D eigenvalue weighted by molar-refractivity contribution is 7.66. The van der Waals surface area contributed by atoms with Crippen molar-refractivity contribution in [2.24, 2.45) is 0 Å². The van der Waals surface area contributed by atoms with Crippen LogP contribution < -0.4 is 5.73 Å². The van der Waals surface area contributed by atoms with E-state index >= 15 is 0 Å². The molecule has 0 bridgehead atoms. The van der Waals surface area contributed by atoms with E-state index < -0.39 is 48.2 Å². The summed E-state index contributed by atoms with van der Waals surface area (Å²) in [4.78, 5) is 38.2. The predicted octanol–water partition coefficient (Wildman–Crippen LogP) is -1.02. The number of ether oxygens (including phenoxy) is 1. The Kier molecular flexibility index (Phi) is 6.68. The summed E-state index contributed by atoms with van der Waals surface area (Å²) in [5, 5.41) is 20.5. The monoisotopic (exact) mass is 507 g/mol. The maximum absolute atomic E-state index is 12.5. The van der Waals surface area contributed by atoms with Gasteiger partial charge >= 0.3 is 23.5 Å².